The van der Waals surface area contributed by atoms with Crippen molar-refractivity contribution in [2.75, 3.05) is 29.4 Å². The highest BCUT2D eigenvalue weighted by atomic mass is 16.5. The van der Waals surface area contributed by atoms with Crippen molar-refractivity contribution in [2.45, 2.75) is 46.3 Å². The van der Waals surface area contributed by atoms with E-state index in [1.807, 2.05) is 19.2 Å². The molecule has 0 saturated carbocycles. The van der Waals surface area contributed by atoms with E-state index in [4.69, 9.17) is 4.74 Å². The largest absolute Gasteiger partial charge is 0.475 e. The van der Waals surface area contributed by atoms with E-state index in [0.29, 0.717) is 11.9 Å². The summed E-state index contributed by atoms with van der Waals surface area (Å²) in [7, 11) is 0. The normalized spacial score (nSPS) is 19.0. The summed E-state index contributed by atoms with van der Waals surface area (Å²) in [5, 5.41) is 0. The van der Waals surface area contributed by atoms with Crippen molar-refractivity contribution >= 4 is 11.6 Å². The Morgan fingerprint density at radius 1 is 1.24 bits per heavy atom. The summed E-state index contributed by atoms with van der Waals surface area (Å²) in [6.07, 6.45) is 6.36. The fourth-order valence-electron chi connectivity index (χ4n) is 2.98. The van der Waals surface area contributed by atoms with Gasteiger partial charge in [0.25, 0.3) is 0 Å². The Labute approximate surface area is 149 Å². The molecule has 3 rings (SSSR count). The molecule has 0 bridgehead atoms. The monoisotopic (exact) mass is 342 g/mol. The number of aryl methyl sites for hydroxylation is 1. The smallest absolute Gasteiger partial charge is 0.218 e. The number of rotatable bonds is 5. The molecule has 2 unspecified atom stereocenters. The van der Waals surface area contributed by atoms with Gasteiger partial charge < -0.3 is 14.5 Å². The second-order valence-electron chi connectivity index (χ2n) is 6.50. The molecule has 0 amide bonds. The van der Waals surface area contributed by atoms with Gasteiger partial charge in [-0.25, -0.2) is 9.97 Å². The Hall–Kier alpha value is -2.44. The van der Waals surface area contributed by atoms with E-state index in [1.54, 1.807) is 12.4 Å². The first-order chi connectivity index (χ1) is 12.1. The number of hydrogen-bond donors (Lipinski definition) is 0. The van der Waals surface area contributed by atoms with Gasteiger partial charge in [0.05, 0.1) is 12.3 Å². The maximum Gasteiger partial charge on any atom is 0.218 e. The van der Waals surface area contributed by atoms with E-state index < -0.39 is 0 Å². The lowest BCUT2D eigenvalue weighted by Crippen LogP contribution is -2.52. The maximum atomic E-state index is 5.89. The van der Waals surface area contributed by atoms with Crippen molar-refractivity contribution in [3.8, 4) is 5.88 Å². The van der Waals surface area contributed by atoms with E-state index in [9.17, 15) is 0 Å². The van der Waals surface area contributed by atoms with Gasteiger partial charge in [-0.15, -0.1) is 0 Å². The lowest BCUT2D eigenvalue weighted by Gasteiger charge is -2.41. The van der Waals surface area contributed by atoms with E-state index in [0.717, 1.165) is 43.5 Å². The third kappa shape index (κ3) is 4.15. The van der Waals surface area contributed by atoms with Gasteiger partial charge >= 0.3 is 0 Å². The Balaban J connectivity index is 1.73. The maximum absolute atomic E-state index is 5.89. The molecular weight excluding hydrogens is 316 g/mol. The number of nitrogens with zero attached hydrogens (tertiary/aromatic N) is 6. The number of aromatic nitrogens is 4. The first-order valence-electron chi connectivity index (χ1n) is 8.86. The molecule has 1 fully saturated rings. The zero-order chi connectivity index (χ0) is 17.8. The Morgan fingerprint density at radius 2 is 2.08 bits per heavy atom. The van der Waals surface area contributed by atoms with Gasteiger partial charge in [-0.2, -0.15) is 4.98 Å². The van der Waals surface area contributed by atoms with Crippen LogP contribution in [-0.2, 0) is 0 Å². The molecule has 134 valence electrons. The summed E-state index contributed by atoms with van der Waals surface area (Å²) in [6.45, 7) is 10.9. The third-order valence-electron chi connectivity index (χ3n) is 4.49. The summed E-state index contributed by atoms with van der Waals surface area (Å²) < 4.78 is 5.89. The van der Waals surface area contributed by atoms with Crippen LogP contribution in [0.3, 0.4) is 0 Å². The van der Waals surface area contributed by atoms with Crippen molar-refractivity contribution in [1.82, 2.24) is 19.9 Å². The molecule has 7 heteroatoms. The zero-order valence-corrected chi connectivity index (χ0v) is 15.4. The summed E-state index contributed by atoms with van der Waals surface area (Å²) >= 11 is 0. The average Bonchev–Trinajstić information content (AvgIpc) is 2.61. The van der Waals surface area contributed by atoms with Crippen LogP contribution in [0.15, 0.2) is 24.7 Å². The molecule has 2 aromatic rings. The first-order valence-corrected chi connectivity index (χ1v) is 8.86. The molecule has 3 heterocycles. The van der Waals surface area contributed by atoms with Crippen molar-refractivity contribution in [3.63, 3.8) is 0 Å². The molecule has 0 radical (unpaired) electrons. The van der Waals surface area contributed by atoms with Crippen molar-refractivity contribution < 1.29 is 4.74 Å². The summed E-state index contributed by atoms with van der Waals surface area (Å²) in [5.41, 5.74) is 0. The number of piperazine rings is 1. The molecule has 2 atom stereocenters. The van der Waals surface area contributed by atoms with Gasteiger partial charge in [0, 0.05) is 44.1 Å². The highest BCUT2D eigenvalue weighted by Crippen LogP contribution is 2.24. The van der Waals surface area contributed by atoms with Crippen LogP contribution in [0, 0.1) is 6.92 Å². The van der Waals surface area contributed by atoms with Crippen LogP contribution < -0.4 is 14.5 Å². The van der Waals surface area contributed by atoms with Crippen LogP contribution in [0.4, 0.5) is 11.6 Å². The summed E-state index contributed by atoms with van der Waals surface area (Å²) in [5.74, 6) is 3.24. The summed E-state index contributed by atoms with van der Waals surface area (Å²) in [4.78, 5) is 22.2. The molecule has 2 aromatic heterocycles. The van der Waals surface area contributed by atoms with Gasteiger partial charge in [0.15, 0.2) is 0 Å². The van der Waals surface area contributed by atoms with E-state index in [-0.39, 0.29) is 6.10 Å². The van der Waals surface area contributed by atoms with Crippen molar-refractivity contribution in [1.29, 1.82) is 0 Å². The SMILES string of the molecule is CCC(C)Oc1cc(N2CCN(c3cnccn3)C(C)C2)nc(C)n1. The Morgan fingerprint density at radius 3 is 2.76 bits per heavy atom. The third-order valence-corrected chi connectivity index (χ3v) is 4.49. The van der Waals surface area contributed by atoms with Crippen LogP contribution >= 0.6 is 0 Å². The van der Waals surface area contributed by atoms with Crippen LogP contribution in [0.25, 0.3) is 0 Å². The Bertz CT molecular complexity index is 695. The van der Waals surface area contributed by atoms with Crippen molar-refractivity contribution in [2.24, 2.45) is 0 Å². The number of hydrogen-bond acceptors (Lipinski definition) is 7. The molecule has 1 saturated heterocycles. The highest BCUT2D eigenvalue weighted by molar-refractivity contribution is 5.46. The molecule has 1 aliphatic rings. The highest BCUT2D eigenvalue weighted by Gasteiger charge is 2.26. The lowest BCUT2D eigenvalue weighted by atomic mass is 10.2. The second-order valence-corrected chi connectivity index (χ2v) is 6.50. The number of ether oxygens (including phenoxy) is 1. The molecule has 25 heavy (non-hydrogen) atoms. The predicted octanol–water partition coefficient (Wildman–Crippen LogP) is 2.47. The van der Waals surface area contributed by atoms with E-state index in [1.165, 1.54) is 0 Å². The number of anilines is 2. The fraction of sp³-hybridized carbons (Fsp3) is 0.556. The van der Waals surface area contributed by atoms with Crippen LogP contribution in [0.5, 0.6) is 5.88 Å². The molecular formula is C18H26N6O. The second kappa shape index (κ2) is 7.63. The minimum Gasteiger partial charge on any atom is -0.475 e. The topological polar surface area (TPSA) is 67.3 Å². The molecule has 0 spiro atoms. The van der Waals surface area contributed by atoms with Gasteiger partial charge in [0.2, 0.25) is 5.88 Å². The van der Waals surface area contributed by atoms with E-state index in [2.05, 4.69) is 50.5 Å². The van der Waals surface area contributed by atoms with Gasteiger partial charge in [-0.1, -0.05) is 6.92 Å². The standard InChI is InChI=1S/C18H26N6O/c1-5-14(3)25-18-10-16(21-15(4)22-18)23-8-9-24(13(2)12-23)17-11-19-6-7-20-17/h6-7,10-11,13-14H,5,8-9,12H2,1-4H3. The van der Waals surface area contributed by atoms with Gasteiger partial charge in [-0.3, -0.25) is 4.98 Å². The first kappa shape index (κ1) is 17.4. The van der Waals surface area contributed by atoms with E-state index >= 15 is 0 Å². The zero-order valence-electron chi connectivity index (χ0n) is 15.4. The summed E-state index contributed by atoms with van der Waals surface area (Å²) in [6, 6.07) is 2.27. The average molecular weight is 342 g/mol. The predicted molar refractivity (Wildman–Crippen MR) is 98.2 cm³/mol. The molecule has 1 aliphatic heterocycles. The van der Waals surface area contributed by atoms with Crippen LogP contribution in [-0.4, -0.2) is 51.7 Å². The molecule has 0 aliphatic carbocycles. The van der Waals surface area contributed by atoms with Crippen molar-refractivity contribution in [3.05, 3.63) is 30.5 Å². The molecule has 7 nitrogen and oxygen atoms in total. The Kier molecular flexibility index (Phi) is 5.31. The minimum absolute atomic E-state index is 0.148. The molecule has 0 aromatic carbocycles. The quantitative estimate of drug-likeness (QED) is 0.827. The molecule has 0 N–H and O–H groups in total. The van der Waals surface area contributed by atoms with Gasteiger partial charge in [0.1, 0.15) is 17.5 Å². The van der Waals surface area contributed by atoms with Gasteiger partial charge in [-0.05, 0) is 27.2 Å². The lowest BCUT2D eigenvalue weighted by molar-refractivity contribution is 0.208. The van der Waals surface area contributed by atoms with Crippen LogP contribution in [0.1, 0.15) is 33.0 Å². The minimum atomic E-state index is 0.148. The van der Waals surface area contributed by atoms with Crippen LogP contribution in [0.2, 0.25) is 0 Å². The fourth-order valence-corrected chi connectivity index (χ4v) is 2.98.